The maximum absolute atomic E-state index is 11.6. The molecular formula is C25H39NO5. The number of esters is 2. The highest BCUT2D eigenvalue weighted by Crippen LogP contribution is 2.04. The second kappa shape index (κ2) is 20.8. The van der Waals surface area contributed by atoms with Gasteiger partial charge in [0.1, 0.15) is 6.04 Å². The number of carbonyl (C=O) groups excluding carboxylic acids is 2. The summed E-state index contributed by atoms with van der Waals surface area (Å²) >= 11 is 0. The van der Waals surface area contributed by atoms with Crippen molar-refractivity contribution >= 4 is 17.9 Å². The summed E-state index contributed by atoms with van der Waals surface area (Å²) in [6.45, 7) is 2.22. The first kappa shape index (κ1) is 28.5. The number of carboxylic acids is 1. The Bertz CT molecular complexity index is 619. The van der Waals surface area contributed by atoms with Gasteiger partial charge in [-0.2, -0.15) is 0 Å². The molecule has 0 bridgehead atoms. The fraction of sp³-hybridized carbons (Fsp3) is 0.560. The zero-order chi connectivity index (χ0) is 23.2. The quantitative estimate of drug-likeness (QED) is 0.130. The zero-order valence-electron chi connectivity index (χ0n) is 18.8. The molecule has 174 valence electrons. The lowest BCUT2D eigenvalue weighted by atomic mass is 10.2. The number of aliphatic carboxylic acids is 1. The molecule has 0 rings (SSSR count). The van der Waals surface area contributed by atoms with Crippen molar-refractivity contribution in [3.63, 3.8) is 0 Å². The molecule has 0 saturated heterocycles. The Labute approximate surface area is 186 Å². The van der Waals surface area contributed by atoms with Crippen LogP contribution in [0.4, 0.5) is 0 Å². The number of unbranched alkanes of at least 4 members (excludes halogenated alkanes) is 4. The van der Waals surface area contributed by atoms with Crippen LogP contribution in [-0.4, -0.2) is 29.1 Å². The Hall–Kier alpha value is -2.47. The SMILES string of the molecule is CCCCC/C=C\C/C=C\C/C=C\C/C=C\CCCC(=O)OC(=O)[C@H](N)CCC(=O)O. The number of carboxylic acid groups (broad SMARTS) is 1. The average molecular weight is 434 g/mol. The highest BCUT2D eigenvalue weighted by molar-refractivity contribution is 5.88. The van der Waals surface area contributed by atoms with E-state index in [-0.39, 0.29) is 19.3 Å². The fourth-order valence-corrected chi connectivity index (χ4v) is 2.56. The molecular weight excluding hydrogens is 394 g/mol. The van der Waals surface area contributed by atoms with E-state index in [2.05, 4.69) is 48.1 Å². The van der Waals surface area contributed by atoms with E-state index in [9.17, 15) is 14.4 Å². The third kappa shape index (κ3) is 20.6. The standard InChI is InChI=1S/C25H39NO5/c1-2-3-4-5-6-7-8-9-10-11-12-13-14-15-16-17-18-19-24(29)31-25(30)22(26)20-21-23(27)28/h6-7,9-10,12-13,15-16,22H,2-5,8,11,14,17-21,26H2,1H3,(H,27,28)/b7-6-,10-9-,13-12-,16-15-/t22-/m1/s1. The molecule has 0 fully saturated rings. The Morgan fingerprint density at radius 3 is 1.84 bits per heavy atom. The minimum Gasteiger partial charge on any atom is -0.481 e. The molecule has 0 aliphatic rings. The Morgan fingerprint density at radius 1 is 0.806 bits per heavy atom. The molecule has 0 heterocycles. The monoisotopic (exact) mass is 433 g/mol. The molecule has 0 aromatic carbocycles. The summed E-state index contributed by atoms with van der Waals surface area (Å²) in [4.78, 5) is 33.6. The molecule has 1 atom stereocenters. The topological polar surface area (TPSA) is 107 Å². The highest BCUT2D eigenvalue weighted by atomic mass is 16.6. The molecule has 0 aliphatic heterocycles. The van der Waals surface area contributed by atoms with Crippen molar-refractivity contribution in [3.05, 3.63) is 48.6 Å². The summed E-state index contributed by atoms with van der Waals surface area (Å²) in [5.41, 5.74) is 5.49. The van der Waals surface area contributed by atoms with Gasteiger partial charge in [0.05, 0.1) is 0 Å². The van der Waals surface area contributed by atoms with Crippen LogP contribution in [0.15, 0.2) is 48.6 Å². The zero-order valence-corrected chi connectivity index (χ0v) is 18.8. The highest BCUT2D eigenvalue weighted by Gasteiger charge is 2.19. The van der Waals surface area contributed by atoms with Gasteiger partial charge in [0.25, 0.3) is 0 Å². The van der Waals surface area contributed by atoms with Crippen molar-refractivity contribution in [1.82, 2.24) is 0 Å². The van der Waals surface area contributed by atoms with Crippen LogP contribution in [0.25, 0.3) is 0 Å². The van der Waals surface area contributed by atoms with Gasteiger partial charge in [-0.05, 0) is 51.4 Å². The number of nitrogens with two attached hydrogens (primary N) is 1. The molecule has 31 heavy (non-hydrogen) atoms. The number of hydrogen-bond donors (Lipinski definition) is 2. The van der Waals surface area contributed by atoms with Crippen molar-refractivity contribution in [1.29, 1.82) is 0 Å². The maximum atomic E-state index is 11.6. The lowest BCUT2D eigenvalue weighted by molar-refractivity contribution is -0.160. The van der Waals surface area contributed by atoms with E-state index in [1.807, 2.05) is 12.2 Å². The number of carbonyl (C=O) groups is 3. The van der Waals surface area contributed by atoms with E-state index in [4.69, 9.17) is 10.8 Å². The number of hydrogen-bond acceptors (Lipinski definition) is 5. The smallest absolute Gasteiger partial charge is 0.330 e. The summed E-state index contributed by atoms with van der Waals surface area (Å²) < 4.78 is 4.63. The lowest BCUT2D eigenvalue weighted by Crippen LogP contribution is -2.34. The minimum absolute atomic E-state index is 0.0519. The molecule has 0 aromatic heterocycles. The number of allylic oxidation sites excluding steroid dienone is 8. The van der Waals surface area contributed by atoms with Gasteiger partial charge in [-0.1, -0.05) is 68.4 Å². The van der Waals surface area contributed by atoms with Crippen LogP contribution in [0.3, 0.4) is 0 Å². The second-order valence-corrected chi connectivity index (χ2v) is 7.31. The van der Waals surface area contributed by atoms with Gasteiger partial charge in [-0.25, -0.2) is 4.79 Å². The molecule has 0 amide bonds. The Morgan fingerprint density at radius 2 is 1.32 bits per heavy atom. The summed E-state index contributed by atoms with van der Waals surface area (Å²) in [7, 11) is 0. The molecule has 6 heteroatoms. The van der Waals surface area contributed by atoms with Gasteiger partial charge in [0.2, 0.25) is 0 Å². The van der Waals surface area contributed by atoms with Crippen molar-refractivity contribution in [3.8, 4) is 0 Å². The van der Waals surface area contributed by atoms with Crippen molar-refractivity contribution in [2.45, 2.75) is 90.0 Å². The normalized spacial score (nSPS) is 13.0. The first-order chi connectivity index (χ1) is 15.0. The van der Waals surface area contributed by atoms with Crippen LogP contribution in [0, 0.1) is 0 Å². The third-order valence-electron chi connectivity index (χ3n) is 4.40. The van der Waals surface area contributed by atoms with Crippen LogP contribution in [0.5, 0.6) is 0 Å². The largest absolute Gasteiger partial charge is 0.481 e. The summed E-state index contributed by atoms with van der Waals surface area (Å²) in [6, 6.07) is -1.09. The summed E-state index contributed by atoms with van der Waals surface area (Å²) in [6.07, 6.45) is 26.0. The predicted octanol–water partition coefficient (Wildman–Crippen LogP) is 5.39. The number of rotatable bonds is 18. The fourth-order valence-electron chi connectivity index (χ4n) is 2.56. The van der Waals surface area contributed by atoms with Gasteiger partial charge in [-0.15, -0.1) is 0 Å². The molecule has 0 aromatic rings. The van der Waals surface area contributed by atoms with E-state index >= 15 is 0 Å². The van der Waals surface area contributed by atoms with Crippen molar-refractivity contribution in [2.24, 2.45) is 5.73 Å². The predicted molar refractivity (Wildman–Crippen MR) is 124 cm³/mol. The second-order valence-electron chi connectivity index (χ2n) is 7.31. The maximum Gasteiger partial charge on any atom is 0.330 e. The van der Waals surface area contributed by atoms with E-state index < -0.39 is 23.9 Å². The molecule has 0 unspecified atom stereocenters. The molecule has 0 saturated carbocycles. The molecule has 6 nitrogen and oxygen atoms in total. The van der Waals surface area contributed by atoms with Crippen LogP contribution in [0.2, 0.25) is 0 Å². The van der Waals surface area contributed by atoms with Crippen LogP contribution in [0.1, 0.15) is 84.0 Å². The lowest BCUT2D eigenvalue weighted by Gasteiger charge is -2.08. The third-order valence-corrected chi connectivity index (χ3v) is 4.40. The van der Waals surface area contributed by atoms with Crippen LogP contribution < -0.4 is 5.73 Å². The molecule has 3 N–H and O–H groups in total. The first-order valence-electron chi connectivity index (χ1n) is 11.3. The minimum atomic E-state index is -1.09. The Kier molecular flexibility index (Phi) is 19.1. The number of ether oxygens (including phenoxy) is 1. The molecule has 0 aliphatic carbocycles. The average Bonchev–Trinajstić information content (AvgIpc) is 2.74. The van der Waals surface area contributed by atoms with E-state index in [0.717, 1.165) is 19.3 Å². The van der Waals surface area contributed by atoms with Gasteiger partial charge < -0.3 is 15.6 Å². The van der Waals surface area contributed by atoms with Gasteiger partial charge in [-0.3, -0.25) is 9.59 Å². The summed E-state index contributed by atoms with van der Waals surface area (Å²) in [5.74, 6) is -2.55. The van der Waals surface area contributed by atoms with Gasteiger partial charge in [0.15, 0.2) is 0 Å². The van der Waals surface area contributed by atoms with E-state index in [1.165, 1.54) is 25.7 Å². The van der Waals surface area contributed by atoms with Crippen LogP contribution in [-0.2, 0) is 19.1 Å². The van der Waals surface area contributed by atoms with Crippen molar-refractivity contribution in [2.75, 3.05) is 0 Å². The van der Waals surface area contributed by atoms with Crippen molar-refractivity contribution < 1.29 is 24.2 Å². The van der Waals surface area contributed by atoms with Crippen LogP contribution >= 0.6 is 0 Å². The van der Waals surface area contributed by atoms with Gasteiger partial charge in [0, 0.05) is 12.8 Å². The molecule has 0 spiro atoms. The van der Waals surface area contributed by atoms with E-state index in [0.29, 0.717) is 12.8 Å². The molecule has 0 radical (unpaired) electrons. The first-order valence-corrected chi connectivity index (χ1v) is 11.3. The van der Waals surface area contributed by atoms with E-state index in [1.54, 1.807) is 0 Å². The Balaban J connectivity index is 3.69. The summed E-state index contributed by atoms with van der Waals surface area (Å²) in [5, 5.41) is 8.55. The van der Waals surface area contributed by atoms with Gasteiger partial charge >= 0.3 is 17.9 Å².